The Kier molecular flexibility index (Phi) is 3.79. The predicted octanol–water partition coefficient (Wildman–Crippen LogP) is 2.55. The van der Waals surface area contributed by atoms with Crippen molar-refractivity contribution in [1.29, 1.82) is 5.26 Å². The van der Waals surface area contributed by atoms with Crippen LogP contribution in [0.3, 0.4) is 0 Å². The van der Waals surface area contributed by atoms with Crippen molar-refractivity contribution in [3.05, 3.63) is 0 Å². The molecule has 4 nitrogen and oxygen atoms in total. The SMILES string of the molecule is CN(C(=O)OC(C)(C)C)C1CCCC1C#N. The molecule has 16 heavy (non-hydrogen) atoms. The van der Waals surface area contributed by atoms with Crippen molar-refractivity contribution < 1.29 is 9.53 Å². The van der Waals surface area contributed by atoms with Gasteiger partial charge in [0.2, 0.25) is 0 Å². The first-order valence-corrected chi connectivity index (χ1v) is 5.70. The van der Waals surface area contributed by atoms with Crippen molar-refractivity contribution in [1.82, 2.24) is 4.90 Å². The molecule has 1 fully saturated rings. The second-order valence-electron chi connectivity index (χ2n) is 5.33. The average molecular weight is 224 g/mol. The molecule has 0 radical (unpaired) electrons. The molecule has 0 aromatic heterocycles. The van der Waals surface area contributed by atoms with E-state index in [2.05, 4.69) is 6.07 Å². The molecule has 4 heteroatoms. The number of hydrogen-bond acceptors (Lipinski definition) is 3. The third-order valence-electron chi connectivity index (χ3n) is 2.82. The Labute approximate surface area is 97.2 Å². The Balaban J connectivity index is 2.60. The van der Waals surface area contributed by atoms with Crippen molar-refractivity contribution in [3.8, 4) is 6.07 Å². The summed E-state index contributed by atoms with van der Waals surface area (Å²) >= 11 is 0. The summed E-state index contributed by atoms with van der Waals surface area (Å²) in [7, 11) is 1.72. The summed E-state index contributed by atoms with van der Waals surface area (Å²) in [6, 6.07) is 2.28. The Morgan fingerprint density at radius 1 is 1.44 bits per heavy atom. The second kappa shape index (κ2) is 4.73. The number of carbonyl (C=O) groups is 1. The van der Waals surface area contributed by atoms with E-state index >= 15 is 0 Å². The highest BCUT2D eigenvalue weighted by Gasteiger charge is 2.34. The molecule has 0 aliphatic heterocycles. The van der Waals surface area contributed by atoms with Gasteiger partial charge in [0.05, 0.1) is 18.0 Å². The zero-order valence-corrected chi connectivity index (χ0v) is 10.5. The lowest BCUT2D eigenvalue weighted by Crippen LogP contribution is -2.42. The van der Waals surface area contributed by atoms with E-state index in [1.165, 1.54) is 0 Å². The molecule has 0 N–H and O–H groups in total. The molecule has 0 saturated heterocycles. The minimum absolute atomic E-state index is 0.0137. The summed E-state index contributed by atoms with van der Waals surface area (Å²) in [6.07, 6.45) is 2.46. The number of nitrogens with zero attached hydrogens (tertiary/aromatic N) is 2. The van der Waals surface area contributed by atoms with Crippen LogP contribution in [0.15, 0.2) is 0 Å². The lowest BCUT2D eigenvalue weighted by atomic mass is 10.1. The second-order valence-corrected chi connectivity index (χ2v) is 5.33. The van der Waals surface area contributed by atoms with Crippen LogP contribution in [0.5, 0.6) is 0 Å². The predicted molar refractivity (Wildman–Crippen MR) is 60.7 cm³/mol. The van der Waals surface area contributed by atoms with Crippen LogP contribution >= 0.6 is 0 Å². The van der Waals surface area contributed by atoms with E-state index in [9.17, 15) is 4.79 Å². The molecule has 0 heterocycles. The Morgan fingerprint density at radius 2 is 2.06 bits per heavy atom. The van der Waals surface area contributed by atoms with Crippen molar-refractivity contribution in [2.75, 3.05) is 7.05 Å². The maximum atomic E-state index is 11.8. The molecule has 1 aliphatic carbocycles. The molecule has 1 aliphatic rings. The third-order valence-corrected chi connectivity index (χ3v) is 2.82. The van der Waals surface area contributed by atoms with Crippen LogP contribution < -0.4 is 0 Å². The molecule has 2 unspecified atom stereocenters. The number of ether oxygens (including phenoxy) is 1. The monoisotopic (exact) mass is 224 g/mol. The molecule has 90 valence electrons. The highest BCUT2D eigenvalue weighted by molar-refractivity contribution is 5.68. The average Bonchev–Trinajstić information content (AvgIpc) is 2.61. The minimum Gasteiger partial charge on any atom is -0.444 e. The zero-order chi connectivity index (χ0) is 12.3. The molecule has 1 rings (SSSR count). The Hall–Kier alpha value is -1.24. The first kappa shape index (κ1) is 12.8. The quantitative estimate of drug-likeness (QED) is 0.687. The van der Waals surface area contributed by atoms with Gasteiger partial charge in [-0.15, -0.1) is 0 Å². The van der Waals surface area contributed by atoms with Crippen LogP contribution in [0.1, 0.15) is 40.0 Å². The molecule has 0 bridgehead atoms. The number of hydrogen-bond donors (Lipinski definition) is 0. The summed E-state index contributed by atoms with van der Waals surface area (Å²) in [6.45, 7) is 5.53. The van der Waals surface area contributed by atoms with E-state index in [1.54, 1.807) is 11.9 Å². The molecular weight excluding hydrogens is 204 g/mol. The van der Waals surface area contributed by atoms with Crippen LogP contribution in [-0.4, -0.2) is 29.7 Å². The summed E-state index contributed by atoms with van der Waals surface area (Å²) in [4.78, 5) is 13.4. The van der Waals surface area contributed by atoms with Crippen molar-refractivity contribution in [3.63, 3.8) is 0 Å². The smallest absolute Gasteiger partial charge is 0.410 e. The van der Waals surface area contributed by atoms with E-state index in [4.69, 9.17) is 10.00 Å². The fraction of sp³-hybridized carbons (Fsp3) is 0.833. The fourth-order valence-corrected chi connectivity index (χ4v) is 2.02. The molecule has 1 saturated carbocycles. The zero-order valence-electron chi connectivity index (χ0n) is 10.5. The van der Waals surface area contributed by atoms with Gasteiger partial charge >= 0.3 is 6.09 Å². The highest BCUT2D eigenvalue weighted by Crippen LogP contribution is 2.29. The summed E-state index contributed by atoms with van der Waals surface area (Å²) in [5.41, 5.74) is -0.480. The van der Waals surface area contributed by atoms with E-state index in [0.29, 0.717) is 0 Å². The Morgan fingerprint density at radius 3 is 2.56 bits per heavy atom. The summed E-state index contributed by atoms with van der Waals surface area (Å²) < 4.78 is 5.28. The van der Waals surface area contributed by atoms with Gasteiger partial charge in [0, 0.05) is 7.05 Å². The van der Waals surface area contributed by atoms with Crippen LogP contribution in [0, 0.1) is 17.2 Å². The van der Waals surface area contributed by atoms with E-state index in [1.807, 2.05) is 20.8 Å². The van der Waals surface area contributed by atoms with Gasteiger partial charge in [-0.2, -0.15) is 5.26 Å². The molecule has 0 aromatic rings. The lowest BCUT2D eigenvalue weighted by Gasteiger charge is -2.29. The normalized spacial score (nSPS) is 24.9. The minimum atomic E-state index is -0.480. The van der Waals surface area contributed by atoms with E-state index in [0.717, 1.165) is 19.3 Å². The van der Waals surface area contributed by atoms with E-state index in [-0.39, 0.29) is 18.1 Å². The number of amides is 1. The largest absolute Gasteiger partial charge is 0.444 e. The van der Waals surface area contributed by atoms with Gasteiger partial charge in [-0.05, 0) is 40.0 Å². The van der Waals surface area contributed by atoms with Crippen LogP contribution in [0.25, 0.3) is 0 Å². The van der Waals surface area contributed by atoms with E-state index < -0.39 is 5.60 Å². The van der Waals surface area contributed by atoms with Crippen LogP contribution in [0.2, 0.25) is 0 Å². The van der Waals surface area contributed by atoms with Crippen LogP contribution in [0.4, 0.5) is 4.79 Å². The molecule has 0 spiro atoms. The third kappa shape index (κ3) is 3.13. The summed E-state index contributed by atoms with van der Waals surface area (Å²) in [5, 5.41) is 8.97. The molecular formula is C12H20N2O2. The van der Waals surface area contributed by atoms with Gasteiger partial charge in [-0.3, -0.25) is 0 Å². The number of carbonyl (C=O) groups excluding carboxylic acids is 1. The number of rotatable bonds is 1. The van der Waals surface area contributed by atoms with Gasteiger partial charge in [0.25, 0.3) is 0 Å². The van der Waals surface area contributed by atoms with Gasteiger partial charge in [0.1, 0.15) is 5.60 Å². The first-order valence-electron chi connectivity index (χ1n) is 5.70. The van der Waals surface area contributed by atoms with Gasteiger partial charge < -0.3 is 9.64 Å². The van der Waals surface area contributed by atoms with Crippen LogP contribution in [-0.2, 0) is 4.74 Å². The van der Waals surface area contributed by atoms with Crippen molar-refractivity contribution in [2.24, 2.45) is 5.92 Å². The molecule has 1 amide bonds. The highest BCUT2D eigenvalue weighted by atomic mass is 16.6. The van der Waals surface area contributed by atoms with Crippen molar-refractivity contribution >= 4 is 6.09 Å². The first-order chi connectivity index (χ1) is 7.35. The lowest BCUT2D eigenvalue weighted by molar-refractivity contribution is 0.0206. The molecule has 2 atom stereocenters. The fourth-order valence-electron chi connectivity index (χ4n) is 2.02. The number of nitriles is 1. The van der Waals surface area contributed by atoms with Gasteiger partial charge in [-0.25, -0.2) is 4.79 Å². The maximum absolute atomic E-state index is 11.8. The van der Waals surface area contributed by atoms with Gasteiger partial charge in [0.15, 0.2) is 0 Å². The molecule has 0 aromatic carbocycles. The standard InChI is InChI=1S/C12H20N2O2/c1-12(2,3)16-11(15)14(4)10-7-5-6-9(10)8-13/h9-10H,5-7H2,1-4H3. The maximum Gasteiger partial charge on any atom is 0.410 e. The summed E-state index contributed by atoms with van der Waals surface area (Å²) in [5.74, 6) is -0.0440. The van der Waals surface area contributed by atoms with Crippen molar-refractivity contribution in [2.45, 2.75) is 51.7 Å². The topological polar surface area (TPSA) is 53.3 Å². The Bertz CT molecular complexity index is 301. The van der Waals surface area contributed by atoms with Gasteiger partial charge in [-0.1, -0.05) is 0 Å².